The Hall–Kier alpha value is -3.33. The minimum absolute atomic E-state index is 0.129. The van der Waals surface area contributed by atoms with Crippen LogP contribution in [0.1, 0.15) is 61.5 Å². The molecule has 0 radical (unpaired) electrons. The van der Waals surface area contributed by atoms with Crippen molar-refractivity contribution in [2.24, 2.45) is 5.41 Å². The Balaban J connectivity index is 1.15. The van der Waals surface area contributed by atoms with Gasteiger partial charge in [0.25, 0.3) is 0 Å². The Bertz CT molecular complexity index is 1280. The van der Waals surface area contributed by atoms with Gasteiger partial charge in [-0.2, -0.15) is 4.73 Å². The molecule has 6 rings (SSSR count). The molecule has 2 fully saturated rings. The molecule has 3 aromatic rings. The Kier molecular flexibility index (Phi) is 5.55. The van der Waals surface area contributed by atoms with Crippen LogP contribution >= 0.6 is 0 Å². The van der Waals surface area contributed by atoms with E-state index in [1.807, 2.05) is 23.6 Å². The van der Waals surface area contributed by atoms with E-state index in [0.717, 1.165) is 41.7 Å². The van der Waals surface area contributed by atoms with Gasteiger partial charge in [0, 0.05) is 43.3 Å². The number of rotatable bonds is 5. The summed E-state index contributed by atoms with van der Waals surface area (Å²) < 4.78 is 30.2. The second-order valence-electron chi connectivity index (χ2n) is 10.5. The van der Waals surface area contributed by atoms with Crippen LogP contribution in [0, 0.1) is 22.3 Å². The van der Waals surface area contributed by atoms with Crippen molar-refractivity contribution >= 4 is 11.7 Å². The minimum atomic E-state index is -0.601. The molecule has 9 heteroatoms. The standard InChI is InChI=1S/C27H29F2N5O2/c1-17(32-11-8-27(6-7-27)22(15-32)18-4-9-33(36)10-5-18)26(35)31-24-16-34-23(2-3-25(34)30-24)19-12-20(28)14-21(29)13-19/h4-5,9-10,12-14,16-17,22-23H,2-3,6-8,11,15H2,1H3,(H,31,35)/t17-,22+,23+/m0/s1. The predicted octanol–water partition coefficient (Wildman–Crippen LogP) is 3.93. The van der Waals surface area contributed by atoms with E-state index in [-0.39, 0.29) is 23.4 Å². The first-order valence-electron chi connectivity index (χ1n) is 12.6. The summed E-state index contributed by atoms with van der Waals surface area (Å²) >= 11 is 0. The van der Waals surface area contributed by atoms with Crippen molar-refractivity contribution in [3.63, 3.8) is 0 Å². The molecular formula is C27H29F2N5O2. The molecule has 0 bridgehead atoms. The summed E-state index contributed by atoms with van der Waals surface area (Å²) in [5.74, 6) is 0.218. The van der Waals surface area contributed by atoms with E-state index in [1.54, 1.807) is 18.6 Å². The maximum Gasteiger partial charge on any atom is 0.242 e. The second kappa shape index (κ2) is 8.65. The quantitative estimate of drug-likeness (QED) is 0.432. The van der Waals surface area contributed by atoms with Gasteiger partial charge in [-0.3, -0.25) is 9.69 Å². The number of benzene rings is 1. The lowest BCUT2D eigenvalue weighted by Gasteiger charge is -2.41. The molecule has 2 aromatic heterocycles. The first-order chi connectivity index (χ1) is 17.3. The number of imidazole rings is 1. The van der Waals surface area contributed by atoms with Gasteiger partial charge in [-0.25, -0.2) is 13.8 Å². The highest BCUT2D eigenvalue weighted by Crippen LogP contribution is 2.60. The van der Waals surface area contributed by atoms with E-state index in [9.17, 15) is 18.8 Å². The topological polar surface area (TPSA) is 77.1 Å². The number of hydrogen-bond acceptors (Lipinski definition) is 4. The third-order valence-corrected chi connectivity index (χ3v) is 8.41. The number of aryl methyl sites for hydroxylation is 1. The zero-order valence-electron chi connectivity index (χ0n) is 20.2. The van der Waals surface area contributed by atoms with E-state index in [2.05, 4.69) is 15.2 Å². The van der Waals surface area contributed by atoms with Crippen molar-refractivity contribution in [2.45, 2.75) is 57.0 Å². The molecule has 4 heterocycles. The number of aromatic nitrogens is 3. The van der Waals surface area contributed by atoms with Crippen molar-refractivity contribution in [3.05, 3.63) is 82.7 Å². The smallest absolute Gasteiger partial charge is 0.242 e. The molecule has 1 aromatic carbocycles. The van der Waals surface area contributed by atoms with Gasteiger partial charge in [0.05, 0.1) is 12.1 Å². The number of carbonyl (C=O) groups is 1. The van der Waals surface area contributed by atoms with Crippen molar-refractivity contribution < 1.29 is 18.3 Å². The average molecular weight is 494 g/mol. The number of nitrogens with one attached hydrogen (secondary N) is 1. The van der Waals surface area contributed by atoms with Gasteiger partial charge in [0.1, 0.15) is 17.5 Å². The van der Waals surface area contributed by atoms with E-state index in [1.165, 1.54) is 25.0 Å². The Morgan fingerprint density at radius 1 is 1.17 bits per heavy atom. The van der Waals surface area contributed by atoms with Gasteiger partial charge in [0.15, 0.2) is 18.2 Å². The largest absolute Gasteiger partial charge is 0.619 e. The summed E-state index contributed by atoms with van der Waals surface area (Å²) in [7, 11) is 0. The van der Waals surface area contributed by atoms with E-state index < -0.39 is 11.6 Å². The number of pyridine rings is 1. The summed E-state index contributed by atoms with van der Waals surface area (Å²) in [5.41, 5.74) is 2.01. The Morgan fingerprint density at radius 2 is 1.89 bits per heavy atom. The highest BCUT2D eigenvalue weighted by atomic mass is 19.1. The van der Waals surface area contributed by atoms with Gasteiger partial charge in [0.2, 0.25) is 5.91 Å². The summed E-state index contributed by atoms with van der Waals surface area (Å²) in [6.07, 6.45) is 9.65. The summed E-state index contributed by atoms with van der Waals surface area (Å²) in [6.45, 7) is 3.53. The molecule has 188 valence electrons. The molecule has 0 unspecified atom stereocenters. The molecule has 1 amide bonds. The van der Waals surface area contributed by atoms with E-state index in [0.29, 0.717) is 30.1 Å². The fourth-order valence-electron chi connectivity index (χ4n) is 6.13. The van der Waals surface area contributed by atoms with Crippen molar-refractivity contribution in [3.8, 4) is 0 Å². The summed E-state index contributed by atoms with van der Waals surface area (Å²) in [6, 6.07) is 6.82. The van der Waals surface area contributed by atoms with Gasteiger partial charge in [-0.05, 0) is 67.8 Å². The van der Waals surface area contributed by atoms with Gasteiger partial charge in [-0.1, -0.05) is 0 Å². The van der Waals surface area contributed by atoms with Crippen LogP contribution in [0.15, 0.2) is 48.9 Å². The normalized spacial score (nSPS) is 23.4. The molecule has 7 nitrogen and oxygen atoms in total. The van der Waals surface area contributed by atoms with Crippen LogP contribution in [0.4, 0.5) is 14.6 Å². The number of likely N-dealkylation sites (tertiary alicyclic amines) is 1. The van der Waals surface area contributed by atoms with E-state index in [4.69, 9.17) is 0 Å². The van der Waals surface area contributed by atoms with Gasteiger partial charge >= 0.3 is 0 Å². The number of carbonyl (C=O) groups excluding carboxylic acids is 1. The fourth-order valence-corrected chi connectivity index (χ4v) is 6.13. The summed E-state index contributed by atoms with van der Waals surface area (Å²) in [5, 5.41) is 14.5. The van der Waals surface area contributed by atoms with Crippen molar-refractivity contribution in [1.29, 1.82) is 0 Å². The number of hydrogen-bond donors (Lipinski definition) is 1. The van der Waals surface area contributed by atoms with Crippen molar-refractivity contribution in [2.75, 3.05) is 18.4 Å². The third kappa shape index (κ3) is 4.15. The number of piperidine rings is 1. The number of anilines is 1. The van der Waals surface area contributed by atoms with E-state index >= 15 is 0 Å². The lowest BCUT2D eigenvalue weighted by Crippen LogP contribution is -2.49. The lowest BCUT2D eigenvalue weighted by atomic mass is 9.77. The number of nitrogens with zero attached hydrogens (tertiary/aromatic N) is 4. The molecule has 1 N–H and O–H groups in total. The number of amides is 1. The number of fused-ring (bicyclic) bond motifs is 1. The molecule has 1 spiro atoms. The number of halogens is 2. The predicted molar refractivity (Wildman–Crippen MR) is 129 cm³/mol. The van der Waals surface area contributed by atoms with Gasteiger partial charge < -0.3 is 15.1 Å². The molecule has 1 aliphatic carbocycles. The lowest BCUT2D eigenvalue weighted by molar-refractivity contribution is -0.605. The van der Waals surface area contributed by atoms with Crippen LogP contribution in [-0.2, 0) is 11.2 Å². The summed E-state index contributed by atoms with van der Waals surface area (Å²) in [4.78, 5) is 20.0. The molecule has 3 aliphatic rings. The molecule has 3 atom stereocenters. The highest BCUT2D eigenvalue weighted by Gasteiger charge is 2.53. The second-order valence-corrected chi connectivity index (χ2v) is 10.5. The molecule has 1 saturated carbocycles. The van der Waals surface area contributed by atoms with Crippen molar-refractivity contribution in [1.82, 2.24) is 14.5 Å². The zero-order chi connectivity index (χ0) is 25.0. The zero-order valence-corrected chi connectivity index (χ0v) is 20.2. The van der Waals surface area contributed by atoms with Crippen LogP contribution in [0.2, 0.25) is 0 Å². The van der Waals surface area contributed by atoms with Crippen LogP contribution in [0.25, 0.3) is 0 Å². The Labute approximate surface area is 208 Å². The van der Waals surface area contributed by atoms with Crippen LogP contribution in [-0.4, -0.2) is 39.5 Å². The first-order valence-corrected chi connectivity index (χ1v) is 12.6. The maximum absolute atomic E-state index is 13.8. The molecule has 2 aliphatic heterocycles. The SMILES string of the molecule is C[C@@H](C(=O)Nc1cn2c(n1)CC[C@@H]2c1cc(F)cc(F)c1)N1CCC2(CC2)[C@@H](c2cc[n+]([O-])cc2)C1. The maximum atomic E-state index is 13.8. The molecule has 36 heavy (non-hydrogen) atoms. The van der Waals surface area contributed by atoms with Crippen LogP contribution in [0.5, 0.6) is 0 Å². The highest BCUT2D eigenvalue weighted by molar-refractivity contribution is 5.93. The van der Waals surface area contributed by atoms with Crippen LogP contribution in [0.3, 0.4) is 0 Å². The first kappa shape index (κ1) is 23.1. The minimum Gasteiger partial charge on any atom is -0.619 e. The fraction of sp³-hybridized carbons (Fsp3) is 0.444. The monoisotopic (exact) mass is 493 g/mol. The third-order valence-electron chi connectivity index (χ3n) is 8.41. The van der Waals surface area contributed by atoms with Gasteiger partial charge in [-0.15, -0.1) is 0 Å². The van der Waals surface area contributed by atoms with Crippen LogP contribution < -0.4 is 10.0 Å². The Morgan fingerprint density at radius 3 is 2.58 bits per heavy atom. The molecule has 1 saturated heterocycles. The molecular weight excluding hydrogens is 464 g/mol. The average Bonchev–Trinajstić information content (AvgIpc) is 3.33.